The van der Waals surface area contributed by atoms with Crippen LogP contribution in [0.5, 0.6) is 0 Å². The van der Waals surface area contributed by atoms with Crippen molar-refractivity contribution in [1.29, 1.82) is 0 Å². The highest BCUT2D eigenvalue weighted by atomic mass is 35.5. The molecule has 1 heterocycles. The number of hydrogen-bond acceptors (Lipinski definition) is 4. The monoisotopic (exact) mass is 297 g/mol. The first-order valence-corrected chi connectivity index (χ1v) is 7.51. The number of halogens is 1. The molecule has 5 heteroatoms. The molecule has 20 heavy (non-hydrogen) atoms. The van der Waals surface area contributed by atoms with Gasteiger partial charge in [-0.2, -0.15) is 0 Å². The Morgan fingerprint density at radius 2 is 2.20 bits per heavy atom. The molecule has 2 rings (SSSR count). The smallest absolute Gasteiger partial charge is 0.140 e. The Bertz CT molecular complexity index is 464. The zero-order valence-electron chi connectivity index (χ0n) is 12.4. The topological polar surface area (TPSA) is 60.2 Å². The van der Waals surface area contributed by atoms with Crippen molar-refractivity contribution in [3.05, 3.63) is 22.8 Å². The number of hydrazine groups is 1. The van der Waals surface area contributed by atoms with Gasteiger partial charge in [0.05, 0.1) is 23.4 Å². The third kappa shape index (κ3) is 4.08. The lowest BCUT2D eigenvalue weighted by molar-refractivity contribution is -0.0326. The van der Waals surface area contributed by atoms with E-state index in [2.05, 4.69) is 31.2 Å². The van der Waals surface area contributed by atoms with Crippen molar-refractivity contribution >= 4 is 17.4 Å². The van der Waals surface area contributed by atoms with Crippen molar-refractivity contribution in [2.45, 2.75) is 52.7 Å². The lowest BCUT2D eigenvalue weighted by atomic mass is 9.71. The maximum atomic E-state index is 6.14. The molecule has 112 valence electrons. The van der Waals surface area contributed by atoms with E-state index in [1.54, 1.807) is 12.1 Å². The lowest BCUT2D eigenvalue weighted by Crippen LogP contribution is -2.32. The van der Waals surface area contributed by atoms with Crippen LogP contribution in [0.1, 0.15) is 45.7 Å². The largest absolute Gasteiger partial charge is 0.372 e. The van der Waals surface area contributed by atoms with Crippen LogP contribution in [0.4, 0.5) is 5.82 Å². The Morgan fingerprint density at radius 1 is 1.45 bits per heavy atom. The summed E-state index contributed by atoms with van der Waals surface area (Å²) < 4.78 is 6.04. The van der Waals surface area contributed by atoms with Gasteiger partial charge in [0.25, 0.3) is 0 Å². The molecule has 2 atom stereocenters. The van der Waals surface area contributed by atoms with Gasteiger partial charge in [0, 0.05) is 0 Å². The number of nitrogens with zero attached hydrogens (tertiary/aromatic N) is 1. The second-order valence-electron chi connectivity index (χ2n) is 6.62. The molecule has 1 saturated carbocycles. The summed E-state index contributed by atoms with van der Waals surface area (Å²) >= 11 is 6.14. The summed E-state index contributed by atoms with van der Waals surface area (Å²) in [7, 11) is 0. The van der Waals surface area contributed by atoms with Gasteiger partial charge >= 0.3 is 0 Å². The number of aromatic nitrogens is 1. The first-order valence-electron chi connectivity index (χ1n) is 7.13. The van der Waals surface area contributed by atoms with Gasteiger partial charge < -0.3 is 10.2 Å². The van der Waals surface area contributed by atoms with E-state index in [1.807, 2.05) is 0 Å². The zero-order chi connectivity index (χ0) is 14.8. The SMILES string of the molecule is CC1CC(OCc2nc(NN)ccc2Cl)CC(C)(C)C1. The molecule has 1 aliphatic rings. The Morgan fingerprint density at radius 3 is 2.85 bits per heavy atom. The van der Waals surface area contributed by atoms with Crippen molar-refractivity contribution in [1.82, 2.24) is 4.98 Å². The van der Waals surface area contributed by atoms with Gasteiger partial charge in [0.2, 0.25) is 0 Å². The van der Waals surface area contributed by atoms with E-state index in [9.17, 15) is 0 Å². The molecule has 0 radical (unpaired) electrons. The molecule has 3 N–H and O–H groups in total. The fourth-order valence-corrected chi connectivity index (χ4v) is 3.41. The van der Waals surface area contributed by atoms with Crippen LogP contribution < -0.4 is 11.3 Å². The molecule has 1 aromatic heterocycles. The maximum absolute atomic E-state index is 6.14. The second kappa shape index (κ2) is 6.29. The number of nitrogens with two attached hydrogens (primary N) is 1. The van der Waals surface area contributed by atoms with Crippen LogP contribution in [-0.2, 0) is 11.3 Å². The van der Waals surface area contributed by atoms with Crippen molar-refractivity contribution in [3.63, 3.8) is 0 Å². The van der Waals surface area contributed by atoms with Crippen molar-refractivity contribution in [2.24, 2.45) is 17.2 Å². The molecule has 0 spiro atoms. The summed E-state index contributed by atoms with van der Waals surface area (Å²) in [5, 5.41) is 0.618. The number of rotatable bonds is 4. The van der Waals surface area contributed by atoms with E-state index in [4.69, 9.17) is 22.2 Å². The molecular formula is C15H24ClN3O. The van der Waals surface area contributed by atoms with Gasteiger partial charge in [0.1, 0.15) is 5.82 Å². The highest BCUT2D eigenvalue weighted by Crippen LogP contribution is 2.40. The van der Waals surface area contributed by atoms with Crippen LogP contribution >= 0.6 is 11.6 Å². The number of hydrogen-bond donors (Lipinski definition) is 2. The van der Waals surface area contributed by atoms with E-state index in [0.29, 0.717) is 28.8 Å². The van der Waals surface area contributed by atoms with Crippen LogP contribution in [-0.4, -0.2) is 11.1 Å². The lowest BCUT2D eigenvalue weighted by Gasteiger charge is -2.38. The molecule has 1 aliphatic carbocycles. The maximum Gasteiger partial charge on any atom is 0.140 e. The quantitative estimate of drug-likeness (QED) is 0.656. The van der Waals surface area contributed by atoms with Gasteiger partial charge in [-0.15, -0.1) is 0 Å². The van der Waals surface area contributed by atoms with Crippen molar-refractivity contribution in [3.8, 4) is 0 Å². The van der Waals surface area contributed by atoms with Crippen LogP contribution in [0.2, 0.25) is 5.02 Å². The van der Waals surface area contributed by atoms with E-state index in [1.165, 1.54) is 6.42 Å². The summed E-state index contributed by atoms with van der Waals surface area (Å²) in [5.74, 6) is 6.67. The summed E-state index contributed by atoms with van der Waals surface area (Å²) in [6.07, 6.45) is 3.74. The van der Waals surface area contributed by atoms with Gasteiger partial charge in [-0.25, -0.2) is 10.8 Å². The van der Waals surface area contributed by atoms with Crippen LogP contribution in [0.25, 0.3) is 0 Å². The molecule has 0 amide bonds. The Hall–Kier alpha value is -0.840. The minimum absolute atomic E-state index is 0.279. The summed E-state index contributed by atoms with van der Waals surface area (Å²) in [5.41, 5.74) is 3.61. The average molecular weight is 298 g/mol. The minimum Gasteiger partial charge on any atom is -0.372 e. The number of nitrogen functional groups attached to an aromatic ring is 1. The molecular weight excluding hydrogens is 274 g/mol. The fraction of sp³-hybridized carbons (Fsp3) is 0.667. The van der Waals surface area contributed by atoms with Gasteiger partial charge in [-0.3, -0.25) is 0 Å². The number of nitrogens with one attached hydrogen (secondary N) is 1. The summed E-state index contributed by atoms with van der Waals surface area (Å²) in [4.78, 5) is 4.34. The summed E-state index contributed by atoms with van der Waals surface area (Å²) in [6.45, 7) is 7.34. The van der Waals surface area contributed by atoms with Crippen LogP contribution in [0.15, 0.2) is 12.1 Å². The van der Waals surface area contributed by atoms with Gasteiger partial charge in [0.15, 0.2) is 0 Å². The summed E-state index contributed by atoms with van der Waals surface area (Å²) in [6, 6.07) is 3.54. The van der Waals surface area contributed by atoms with Gasteiger partial charge in [-0.05, 0) is 42.7 Å². The molecule has 2 unspecified atom stereocenters. The highest BCUT2D eigenvalue weighted by Gasteiger charge is 2.32. The third-order valence-corrected chi connectivity index (χ3v) is 4.21. The van der Waals surface area contributed by atoms with Crippen molar-refractivity contribution < 1.29 is 4.74 Å². The zero-order valence-corrected chi connectivity index (χ0v) is 13.2. The first kappa shape index (κ1) is 15.5. The van der Waals surface area contributed by atoms with Crippen LogP contribution in [0, 0.1) is 11.3 Å². The molecule has 1 aromatic rings. The predicted octanol–water partition coefficient (Wildman–Crippen LogP) is 3.75. The van der Waals surface area contributed by atoms with Crippen molar-refractivity contribution in [2.75, 3.05) is 5.43 Å². The number of anilines is 1. The van der Waals surface area contributed by atoms with E-state index in [0.717, 1.165) is 18.5 Å². The number of pyridine rings is 1. The van der Waals surface area contributed by atoms with E-state index >= 15 is 0 Å². The molecule has 0 saturated heterocycles. The Balaban J connectivity index is 1.98. The molecule has 0 aromatic carbocycles. The Kier molecular flexibility index (Phi) is 4.89. The average Bonchev–Trinajstić information content (AvgIpc) is 2.35. The highest BCUT2D eigenvalue weighted by molar-refractivity contribution is 6.31. The van der Waals surface area contributed by atoms with Crippen LogP contribution in [0.3, 0.4) is 0 Å². The second-order valence-corrected chi connectivity index (χ2v) is 7.02. The third-order valence-electron chi connectivity index (χ3n) is 3.87. The fourth-order valence-electron chi connectivity index (χ4n) is 3.25. The van der Waals surface area contributed by atoms with Gasteiger partial charge in [-0.1, -0.05) is 32.4 Å². The first-order chi connectivity index (χ1) is 9.39. The molecule has 1 fully saturated rings. The van der Waals surface area contributed by atoms with E-state index < -0.39 is 0 Å². The minimum atomic E-state index is 0.279. The number of ether oxygens (including phenoxy) is 1. The molecule has 4 nitrogen and oxygen atoms in total. The van der Waals surface area contributed by atoms with E-state index in [-0.39, 0.29) is 6.10 Å². The predicted molar refractivity (Wildman–Crippen MR) is 82.4 cm³/mol. The normalized spacial score (nSPS) is 25.4. The Labute approximate surface area is 126 Å². The molecule has 0 aliphatic heterocycles. The molecule has 0 bridgehead atoms. The standard InChI is InChI=1S/C15H24ClN3O/c1-10-6-11(8-15(2,3)7-10)20-9-13-12(16)4-5-14(18-13)19-17/h4-5,10-11H,6-9,17H2,1-3H3,(H,18,19).